The maximum absolute atomic E-state index is 13.0. The third-order valence-corrected chi connectivity index (χ3v) is 7.52. The number of nitrogens with zero attached hydrogens (tertiary/aromatic N) is 1. The first-order valence-electron chi connectivity index (χ1n) is 11.7. The number of sulfonamides is 1. The van der Waals surface area contributed by atoms with Gasteiger partial charge >= 0.3 is 0 Å². The minimum Gasteiger partial charge on any atom is -0.356 e. The molecule has 35 heavy (non-hydrogen) atoms. The van der Waals surface area contributed by atoms with E-state index in [-0.39, 0.29) is 22.6 Å². The average Bonchev–Trinajstić information content (AvgIpc) is 2.89. The zero-order valence-corrected chi connectivity index (χ0v) is 20.2. The number of anilines is 1. The number of benzene rings is 3. The number of amides is 2. The maximum atomic E-state index is 13.0. The molecular weight excluding hydrogens is 462 g/mol. The molecule has 0 atom stereocenters. The molecule has 0 unspecified atom stereocenters. The van der Waals surface area contributed by atoms with Crippen LogP contribution in [0.2, 0.25) is 0 Å². The predicted molar refractivity (Wildman–Crippen MR) is 135 cm³/mol. The topological polar surface area (TPSA) is 95.6 Å². The third kappa shape index (κ3) is 6.48. The molecule has 2 N–H and O–H groups in total. The molecule has 3 aromatic carbocycles. The van der Waals surface area contributed by atoms with E-state index in [0.29, 0.717) is 43.7 Å². The lowest BCUT2D eigenvalue weighted by atomic mass is 9.95. The minimum absolute atomic E-state index is 0.0327. The lowest BCUT2D eigenvalue weighted by molar-refractivity contribution is -0.126. The summed E-state index contributed by atoms with van der Waals surface area (Å²) in [7, 11) is -3.74. The molecule has 0 spiro atoms. The van der Waals surface area contributed by atoms with E-state index in [9.17, 15) is 18.0 Å². The van der Waals surface area contributed by atoms with Crippen molar-refractivity contribution in [3.63, 3.8) is 0 Å². The second kappa shape index (κ2) is 11.2. The Morgan fingerprint density at radius 1 is 0.857 bits per heavy atom. The van der Waals surface area contributed by atoms with E-state index in [4.69, 9.17) is 0 Å². The highest BCUT2D eigenvalue weighted by Crippen LogP contribution is 2.22. The highest BCUT2D eigenvalue weighted by atomic mass is 32.2. The maximum Gasteiger partial charge on any atom is 0.261 e. The van der Waals surface area contributed by atoms with Gasteiger partial charge in [-0.05, 0) is 55.2 Å². The average molecular weight is 492 g/mol. The van der Waals surface area contributed by atoms with E-state index < -0.39 is 10.0 Å². The molecule has 2 amide bonds. The Morgan fingerprint density at radius 2 is 1.51 bits per heavy atom. The summed E-state index contributed by atoms with van der Waals surface area (Å²) in [6.45, 7) is 1.55. The Morgan fingerprint density at radius 3 is 2.20 bits per heavy atom. The Labute approximate surface area is 206 Å². The highest BCUT2D eigenvalue weighted by Gasteiger charge is 2.28. The lowest BCUT2D eigenvalue weighted by Gasteiger charge is -2.31. The van der Waals surface area contributed by atoms with Crippen molar-refractivity contribution in [2.45, 2.75) is 24.2 Å². The summed E-state index contributed by atoms with van der Waals surface area (Å²) in [6, 6.07) is 24.6. The number of carbonyl (C=O) groups excluding carboxylic acids is 2. The fourth-order valence-corrected chi connectivity index (χ4v) is 5.25. The molecule has 1 aliphatic heterocycles. The first-order valence-corrected chi connectivity index (χ1v) is 13.2. The van der Waals surface area contributed by atoms with Crippen molar-refractivity contribution in [3.05, 3.63) is 96.1 Å². The van der Waals surface area contributed by atoms with Gasteiger partial charge in [-0.25, -0.2) is 8.42 Å². The molecule has 3 aromatic rings. The van der Waals surface area contributed by atoms with E-state index in [2.05, 4.69) is 10.0 Å². The van der Waals surface area contributed by atoms with Crippen LogP contribution in [0, 0.1) is 5.92 Å². The van der Waals surface area contributed by atoms with Gasteiger partial charge in [-0.1, -0.05) is 54.6 Å². The van der Waals surface area contributed by atoms with Crippen LogP contribution in [0.1, 0.15) is 28.8 Å². The zero-order chi connectivity index (χ0) is 24.7. The second-order valence-corrected chi connectivity index (χ2v) is 10.3. The minimum atomic E-state index is -3.74. The Kier molecular flexibility index (Phi) is 7.82. The van der Waals surface area contributed by atoms with Gasteiger partial charge in [0.1, 0.15) is 0 Å². The molecule has 8 heteroatoms. The SMILES string of the molecule is O=C(NCCc1ccccc1)C1CCN(C(=O)c2cccc(NS(=O)(=O)c3ccccc3)c2)CC1. The second-order valence-electron chi connectivity index (χ2n) is 8.59. The van der Waals surface area contributed by atoms with Crippen LogP contribution < -0.4 is 10.0 Å². The van der Waals surface area contributed by atoms with Gasteiger partial charge in [0.05, 0.1) is 4.90 Å². The standard InChI is InChI=1S/C27H29N3O4S/c31-26(28-17-14-21-8-3-1-4-9-21)22-15-18-30(19-16-22)27(32)23-10-7-11-24(20-23)29-35(33,34)25-12-5-2-6-13-25/h1-13,20,22,29H,14-19H2,(H,28,31). The Bertz CT molecular complexity index is 1260. The van der Waals surface area contributed by atoms with Gasteiger partial charge in [0.15, 0.2) is 0 Å². The molecule has 182 valence electrons. The van der Waals surface area contributed by atoms with E-state index >= 15 is 0 Å². The summed E-state index contributed by atoms with van der Waals surface area (Å²) >= 11 is 0. The fraction of sp³-hybridized carbons (Fsp3) is 0.259. The zero-order valence-electron chi connectivity index (χ0n) is 19.4. The molecule has 7 nitrogen and oxygen atoms in total. The largest absolute Gasteiger partial charge is 0.356 e. The van der Waals surface area contributed by atoms with Gasteiger partial charge in [0, 0.05) is 36.8 Å². The van der Waals surface area contributed by atoms with Gasteiger partial charge in [-0.2, -0.15) is 0 Å². The Hall–Kier alpha value is -3.65. The lowest BCUT2D eigenvalue weighted by Crippen LogP contribution is -2.43. The summed E-state index contributed by atoms with van der Waals surface area (Å²) in [5.41, 5.74) is 1.91. The normalized spacial score (nSPS) is 14.3. The molecular formula is C27H29N3O4S. The van der Waals surface area contributed by atoms with Crippen molar-refractivity contribution in [2.24, 2.45) is 5.92 Å². The summed E-state index contributed by atoms with van der Waals surface area (Å²) in [5, 5.41) is 3.01. The van der Waals surface area contributed by atoms with Crippen molar-refractivity contribution in [1.82, 2.24) is 10.2 Å². The van der Waals surface area contributed by atoms with Crippen molar-refractivity contribution in [1.29, 1.82) is 0 Å². The van der Waals surface area contributed by atoms with E-state index in [0.717, 1.165) is 6.42 Å². The van der Waals surface area contributed by atoms with Crippen molar-refractivity contribution in [2.75, 3.05) is 24.4 Å². The molecule has 4 rings (SSSR count). The molecule has 0 aromatic heterocycles. The van der Waals surface area contributed by atoms with Gasteiger partial charge in [-0.15, -0.1) is 0 Å². The summed E-state index contributed by atoms with van der Waals surface area (Å²) in [4.78, 5) is 27.5. The van der Waals surface area contributed by atoms with Crippen molar-refractivity contribution in [3.8, 4) is 0 Å². The van der Waals surface area contributed by atoms with Gasteiger partial charge in [0.2, 0.25) is 5.91 Å². The van der Waals surface area contributed by atoms with Crippen molar-refractivity contribution >= 4 is 27.5 Å². The van der Waals surface area contributed by atoms with Crippen LogP contribution >= 0.6 is 0 Å². The van der Waals surface area contributed by atoms with E-state index in [1.165, 1.54) is 17.7 Å². The molecule has 1 saturated heterocycles. The number of piperidine rings is 1. The van der Waals surface area contributed by atoms with Gasteiger partial charge in [0.25, 0.3) is 15.9 Å². The number of hydrogen-bond donors (Lipinski definition) is 2. The molecule has 0 aliphatic carbocycles. The van der Waals surface area contributed by atoms with Crippen LogP contribution in [0.25, 0.3) is 0 Å². The predicted octanol–water partition coefficient (Wildman–Crippen LogP) is 3.70. The molecule has 1 heterocycles. The first-order chi connectivity index (χ1) is 16.9. The van der Waals surface area contributed by atoms with Gasteiger partial charge in [-0.3, -0.25) is 14.3 Å². The van der Waals surface area contributed by atoms with E-state index in [1.54, 1.807) is 47.4 Å². The van der Waals surface area contributed by atoms with Crippen LogP contribution in [0.5, 0.6) is 0 Å². The highest BCUT2D eigenvalue weighted by molar-refractivity contribution is 7.92. The summed E-state index contributed by atoms with van der Waals surface area (Å²) < 4.78 is 27.7. The summed E-state index contributed by atoms with van der Waals surface area (Å²) in [5.74, 6) is -0.252. The molecule has 0 bridgehead atoms. The number of hydrogen-bond acceptors (Lipinski definition) is 4. The monoisotopic (exact) mass is 491 g/mol. The molecule has 0 saturated carbocycles. The fourth-order valence-electron chi connectivity index (χ4n) is 4.18. The third-order valence-electron chi connectivity index (χ3n) is 6.12. The van der Waals surface area contributed by atoms with Crippen LogP contribution in [-0.4, -0.2) is 44.8 Å². The van der Waals surface area contributed by atoms with Crippen molar-refractivity contribution < 1.29 is 18.0 Å². The number of carbonyl (C=O) groups is 2. The molecule has 1 aliphatic rings. The smallest absolute Gasteiger partial charge is 0.261 e. The van der Waals surface area contributed by atoms with Crippen LogP contribution in [0.3, 0.4) is 0 Å². The first kappa shape index (κ1) is 24.5. The quantitative estimate of drug-likeness (QED) is 0.502. The van der Waals surface area contributed by atoms with Crippen LogP contribution in [0.15, 0.2) is 89.8 Å². The molecule has 0 radical (unpaired) electrons. The number of nitrogens with one attached hydrogen (secondary N) is 2. The number of likely N-dealkylation sites (tertiary alicyclic amines) is 1. The van der Waals surface area contributed by atoms with E-state index in [1.807, 2.05) is 30.3 Å². The number of rotatable bonds is 8. The van der Waals surface area contributed by atoms with Gasteiger partial charge < -0.3 is 10.2 Å². The Balaban J connectivity index is 1.29. The van der Waals surface area contributed by atoms with Crippen LogP contribution in [-0.2, 0) is 21.2 Å². The van der Waals surface area contributed by atoms with Crippen LogP contribution in [0.4, 0.5) is 5.69 Å². The molecule has 1 fully saturated rings. The summed E-state index contributed by atoms with van der Waals surface area (Å²) in [6.07, 6.45) is 1.99.